The Kier molecular flexibility index (Phi) is 5.51. The van der Waals surface area contributed by atoms with E-state index in [2.05, 4.69) is 167 Å². The first-order valence-corrected chi connectivity index (χ1v) is 20.5. The molecule has 0 fully saturated rings. The molecule has 56 heavy (non-hydrogen) atoms. The molecule has 0 bridgehead atoms. The van der Waals surface area contributed by atoms with Crippen LogP contribution < -0.4 is 0 Å². The normalized spacial score (nSPS) is 12.6. The average molecular weight is 747 g/mol. The minimum atomic E-state index is 0.691. The van der Waals surface area contributed by atoms with Gasteiger partial charge in [0.15, 0.2) is 0 Å². The van der Waals surface area contributed by atoms with Crippen LogP contribution in [0.1, 0.15) is 0 Å². The number of nitrogens with zero attached hydrogens (tertiary/aromatic N) is 4. The molecule has 0 saturated heterocycles. The number of thiophene rings is 2. The molecule has 14 rings (SSSR count). The van der Waals surface area contributed by atoms with E-state index in [-0.39, 0.29) is 0 Å². The Morgan fingerprint density at radius 3 is 1.89 bits per heavy atom. The number of hydrogen-bond acceptors (Lipinski definition) is 4. The molecule has 0 spiro atoms. The fraction of sp³-hybridized carbons (Fsp3) is 0. The van der Waals surface area contributed by atoms with Crippen LogP contribution in [-0.4, -0.2) is 19.1 Å². The highest BCUT2D eigenvalue weighted by molar-refractivity contribution is 7.26. The van der Waals surface area contributed by atoms with Gasteiger partial charge in [-0.1, -0.05) is 97.1 Å². The number of hydrogen-bond donors (Lipinski definition) is 0. The first kappa shape index (κ1) is 29.5. The molecule has 0 atom stereocenters. The molecule has 0 saturated carbocycles. The lowest BCUT2D eigenvalue weighted by atomic mass is 9.95. The lowest BCUT2D eigenvalue weighted by Crippen LogP contribution is -2.02. The number of fused-ring (bicyclic) bond motifs is 7. The van der Waals surface area contributed by atoms with E-state index in [0.717, 1.165) is 38.2 Å². The molecular weight excluding hydrogens is 721 g/mol. The second-order valence-electron chi connectivity index (χ2n) is 14.9. The zero-order chi connectivity index (χ0) is 36.2. The number of rotatable bonds is 3. The lowest BCUT2D eigenvalue weighted by Gasteiger charge is -2.12. The smallest absolute Gasteiger partial charge is 0.236 e. The van der Waals surface area contributed by atoms with Crippen molar-refractivity contribution >= 4 is 118 Å². The Labute approximate surface area is 326 Å². The van der Waals surface area contributed by atoms with Crippen molar-refractivity contribution in [2.24, 2.45) is 0 Å². The topological polar surface area (TPSA) is 35.6 Å². The Hall–Kier alpha value is -6.86. The molecule has 1 aliphatic rings. The highest BCUT2D eigenvalue weighted by atomic mass is 32.1. The minimum absolute atomic E-state index is 0.691. The van der Waals surface area contributed by atoms with Crippen LogP contribution >= 0.6 is 22.7 Å². The van der Waals surface area contributed by atoms with Crippen LogP contribution in [0, 0.1) is 0 Å². The summed E-state index contributed by atoms with van der Waals surface area (Å²) in [5.74, 6) is 0.691. The van der Waals surface area contributed by atoms with Crippen molar-refractivity contribution in [2.45, 2.75) is 0 Å². The average Bonchev–Trinajstić information content (AvgIpc) is 3.98. The highest BCUT2D eigenvalue weighted by Crippen LogP contribution is 2.51. The van der Waals surface area contributed by atoms with E-state index in [9.17, 15) is 0 Å². The molecule has 8 aromatic carbocycles. The summed E-state index contributed by atoms with van der Waals surface area (Å²) in [7, 11) is 0. The van der Waals surface area contributed by atoms with E-state index >= 15 is 0 Å². The quantitative estimate of drug-likeness (QED) is 0.180. The van der Waals surface area contributed by atoms with Gasteiger partial charge in [-0.15, -0.1) is 22.7 Å². The Morgan fingerprint density at radius 1 is 0.393 bits per heavy atom. The molecule has 0 N–H and O–H groups in total. The summed E-state index contributed by atoms with van der Waals surface area (Å²) in [4.78, 5) is 12.1. The third-order valence-electron chi connectivity index (χ3n) is 12.1. The summed E-state index contributed by atoms with van der Waals surface area (Å²) in [6.45, 7) is 0. The third kappa shape index (κ3) is 3.64. The second-order valence-corrected chi connectivity index (χ2v) is 17.0. The van der Waals surface area contributed by atoms with Crippen LogP contribution in [0.15, 0.2) is 158 Å². The summed E-state index contributed by atoms with van der Waals surface area (Å²) in [5, 5.41) is 12.5. The van der Waals surface area contributed by atoms with Crippen molar-refractivity contribution in [2.75, 3.05) is 0 Å². The Bertz CT molecular complexity index is 3880. The van der Waals surface area contributed by atoms with Gasteiger partial charge in [-0.05, 0) is 82.6 Å². The van der Waals surface area contributed by atoms with Crippen molar-refractivity contribution in [1.82, 2.24) is 19.1 Å². The van der Waals surface area contributed by atoms with Gasteiger partial charge in [0.05, 0.1) is 27.8 Å². The predicted octanol–water partition coefficient (Wildman–Crippen LogP) is 14.2. The molecule has 0 unspecified atom stereocenters. The molecule has 13 aromatic rings. The lowest BCUT2D eigenvalue weighted by molar-refractivity contribution is 1.02. The van der Waals surface area contributed by atoms with Gasteiger partial charge in [-0.2, -0.15) is 0 Å². The first-order chi connectivity index (χ1) is 27.8. The maximum atomic E-state index is 5.64. The molecule has 1 aliphatic carbocycles. The molecule has 4 nitrogen and oxygen atoms in total. The van der Waals surface area contributed by atoms with Crippen molar-refractivity contribution in [3.8, 4) is 34.0 Å². The number of para-hydroxylation sites is 1. The van der Waals surface area contributed by atoms with Crippen molar-refractivity contribution in [3.05, 3.63) is 158 Å². The van der Waals surface area contributed by atoms with Crippen LogP contribution in [0.25, 0.3) is 129 Å². The van der Waals surface area contributed by atoms with Gasteiger partial charge in [0.25, 0.3) is 0 Å². The van der Waals surface area contributed by atoms with E-state index in [0.29, 0.717) is 5.95 Å². The standard InChI is InChI=1S/C50H26N4S2/c1-2-11-29(12-3-1)53-36-22-20-27-10-8-15-31-32-16-9-17-35-43(32)46-38(24-23-37(53)47(46)45(36)42(27)31)54(35)50-51-48(44-33-14-5-7-19-40(33)56-49(44)52-50)28-21-25-41-34(26-28)30-13-4-6-18-39(30)55-41/h1-26H. The molecule has 6 heteroatoms. The molecular formula is C50H26N4S2. The predicted molar refractivity (Wildman–Crippen MR) is 238 cm³/mol. The second kappa shape index (κ2) is 10.5. The summed E-state index contributed by atoms with van der Waals surface area (Å²) in [6, 6.07) is 57.8. The monoisotopic (exact) mass is 746 g/mol. The maximum absolute atomic E-state index is 5.64. The Morgan fingerprint density at radius 2 is 1.04 bits per heavy atom. The summed E-state index contributed by atoms with van der Waals surface area (Å²) in [5.41, 5.74) is 10.4. The van der Waals surface area contributed by atoms with Crippen molar-refractivity contribution in [1.29, 1.82) is 0 Å². The number of benzene rings is 8. The fourth-order valence-electron chi connectivity index (χ4n) is 9.83. The van der Waals surface area contributed by atoms with Crippen LogP contribution in [0.2, 0.25) is 0 Å². The summed E-state index contributed by atoms with van der Waals surface area (Å²) in [6.07, 6.45) is 0. The largest absolute Gasteiger partial charge is 0.309 e. The van der Waals surface area contributed by atoms with Gasteiger partial charge < -0.3 is 4.57 Å². The van der Waals surface area contributed by atoms with Crippen LogP contribution in [0.5, 0.6) is 0 Å². The molecule has 5 aromatic heterocycles. The molecule has 0 aliphatic heterocycles. The molecule has 258 valence electrons. The summed E-state index contributed by atoms with van der Waals surface area (Å²) < 4.78 is 8.58. The van der Waals surface area contributed by atoms with Crippen LogP contribution in [-0.2, 0) is 0 Å². The van der Waals surface area contributed by atoms with E-state index in [1.807, 2.05) is 11.3 Å². The molecule has 0 amide bonds. The van der Waals surface area contributed by atoms with Crippen molar-refractivity contribution in [3.63, 3.8) is 0 Å². The van der Waals surface area contributed by atoms with Crippen LogP contribution in [0.3, 0.4) is 0 Å². The fourth-order valence-corrected chi connectivity index (χ4v) is 12.0. The van der Waals surface area contributed by atoms with E-state index in [4.69, 9.17) is 9.97 Å². The molecule has 5 heterocycles. The van der Waals surface area contributed by atoms with Gasteiger partial charge in [0, 0.05) is 68.4 Å². The third-order valence-corrected chi connectivity index (χ3v) is 14.3. The van der Waals surface area contributed by atoms with Gasteiger partial charge >= 0.3 is 0 Å². The van der Waals surface area contributed by atoms with Gasteiger partial charge in [-0.25, -0.2) is 9.97 Å². The van der Waals surface area contributed by atoms with Crippen LogP contribution in [0.4, 0.5) is 0 Å². The van der Waals surface area contributed by atoms with Crippen molar-refractivity contribution < 1.29 is 0 Å². The first-order valence-electron chi connectivity index (χ1n) is 18.9. The zero-order valence-electron chi connectivity index (χ0n) is 29.6. The number of aromatic nitrogens is 4. The molecule has 0 radical (unpaired) electrons. The zero-order valence-corrected chi connectivity index (χ0v) is 31.2. The highest BCUT2D eigenvalue weighted by Gasteiger charge is 2.28. The maximum Gasteiger partial charge on any atom is 0.236 e. The SMILES string of the molecule is c1ccc(-n2c3ccc4cccc5c4c3c3c4c6c-5cccc6n(-c5nc(-c6ccc7sc8ccccc8c7c6)c6c(n5)sc5ccccc56)c4ccc32)cc1. The van der Waals surface area contributed by atoms with Gasteiger partial charge in [0.1, 0.15) is 4.83 Å². The van der Waals surface area contributed by atoms with E-state index in [1.165, 1.54) is 84.7 Å². The van der Waals surface area contributed by atoms with Gasteiger partial charge in [0.2, 0.25) is 5.95 Å². The summed E-state index contributed by atoms with van der Waals surface area (Å²) >= 11 is 3.60. The van der Waals surface area contributed by atoms with E-state index in [1.54, 1.807) is 11.3 Å². The van der Waals surface area contributed by atoms with Gasteiger partial charge in [-0.3, -0.25) is 4.57 Å². The minimum Gasteiger partial charge on any atom is -0.309 e. The Balaban J connectivity index is 1.15. The van der Waals surface area contributed by atoms with E-state index < -0.39 is 0 Å².